The number of nitrogens with one attached hydrogen (secondary N) is 2. The quantitative estimate of drug-likeness (QED) is 0.515. The Balaban J connectivity index is 1.66. The molecule has 176 valence electrons. The van der Waals surface area contributed by atoms with Crippen LogP contribution >= 0.6 is 11.6 Å². The van der Waals surface area contributed by atoms with Crippen LogP contribution in [-0.4, -0.2) is 52.3 Å². The van der Waals surface area contributed by atoms with Gasteiger partial charge in [-0.1, -0.05) is 11.6 Å². The van der Waals surface area contributed by atoms with E-state index in [0.29, 0.717) is 0 Å². The summed E-state index contributed by atoms with van der Waals surface area (Å²) >= 11 is 6.02. The van der Waals surface area contributed by atoms with Gasteiger partial charge in [-0.15, -0.1) is 0 Å². The molecule has 4 rings (SSSR count). The molecule has 2 amide bonds. The molecule has 0 unspecified atom stereocenters. The minimum Gasteiger partial charge on any atom is -0.382 e. The van der Waals surface area contributed by atoms with Gasteiger partial charge in [0.05, 0.1) is 30.4 Å². The van der Waals surface area contributed by atoms with E-state index in [9.17, 15) is 26.7 Å². The molecule has 0 saturated carbocycles. The van der Waals surface area contributed by atoms with Crippen molar-refractivity contribution in [2.24, 2.45) is 0 Å². The van der Waals surface area contributed by atoms with Gasteiger partial charge in [0.2, 0.25) is 0 Å². The van der Waals surface area contributed by atoms with E-state index in [-0.39, 0.29) is 46.8 Å². The molecule has 3 heterocycles. The largest absolute Gasteiger partial charge is 0.433 e. The number of aromatic nitrogens is 3. The summed E-state index contributed by atoms with van der Waals surface area (Å²) in [6.07, 6.45) is -5.54. The maximum absolute atomic E-state index is 13.4. The van der Waals surface area contributed by atoms with E-state index in [4.69, 9.17) is 15.7 Å². The number of carbonyl (C=O) groups is 1. The van der Waals surface area contributed by atoms with Crippen molar-refractivity contribution in [3.8, 4) is 0 Å². The van der Waals surface area contributed by atoms with Crippen molar-refractivity contribution in [3.05, 3.63) is 52.9 Å². The highest BCUT2D eigenvalue weighted by Crippen LogP contribution is 2.36. The Hall–Kier alpha value is -3.15. The molecule has 2 aromatic heterocycles. The molecule has 1 saturated heterocycles. The SMILES string of the molecule is [2H]C([2H])([2H])NC(=O)N1CC(CNc2cc(C(F)(F)F)nc3ccc(Cl)cc23)(n2cc(C(F)F)cn2)C1. The molecule has 2 N–H and O–H groups in total. The van der Waals surface area contributed by atoms with E-state index in [0.717, 1.165) is 23.4 Å². The Kier molecular flexibility index (Phi) is 4.88. The highest BCUT2D eigenvalue weighted by atomic mass is 35.5. The number of hydrogen-bond donors (Lipinski definition) is 2. The second kappa shape index (κ2) is 8.32. The first-order valence-electron chi connectivity index (χ1n) is 11.0. The van der Waals surface area contributed by atoms with Crippen LogP contribution in [0.1, 0.15) is 21.8 Å². The molecule has 1 fully saturated rings. The Bertz CT molecular complexity index is 1290. The number of hydrogen-bond acceptors (Lipinski definition) is 4. The molecule has 1 aliphatic rings. The van der Waals surface area contributed by atoms with Crippen molar-refractivity contribution < 1.29 is 30.9 Å². The van der Waals surface area contributed by atoms with Crippen molar-refractivity contribution >= 4 is 34.2 Å². The topological polar surface area (TPSA) is 75.1 Å². The lowest BCUT2D eigenvalue weighted by Crippen LogP contribution is -2.68. The second-order valence-corrected chi connectivity index (χ2v) is 8.03. The molecule has 13 heteroatoms. The predicted molar refractivity (Wildman–Crippen MR) is 111 cm³/mol. The number of benzene rings is 1. The molecule has 0 bridgehead atoms. The number of halogens is 6. The van der Waals surface area contributed by atoms with Crippen LogP contribution in [0.3, 0.4) is 0 Å². The van der Waals surface area contributed by atoms with Crippen LogP contribution in [0.15, 0.2) is 36.7 Å². The Morgan fingerprint density at radius 3 is 2.73 bits per heavy atom. The average Bonchev–Trinajstić information content (AvgIpc) is 3.21. The molecule has 7 nitrogen and oxygen atoms in total. The molecule has 0 aliphatic carbocycles. The smallest absolute Gasteiger partial charge is 0.382 e. The molecule has 1 aromatic carbocycles. The highest BCUT2D eigenvalue weighted by Gasteiger charge is 2.47. The maximum atomic E-state index is 13.4. The number of carbonyl (C=O) groups excluding carboxylic acids is 1. The minimum absolute atomic E-state index is 0.0251. The average molecular weight is 492 g/mol. The number of nitrogens with zero attached hydrogens (tertiary/aromatic N) is 4. The lowest BCUT2D eigenvalue weighted by atomic mass is 9.89. The van der Waals surface area contributed by atoms with E-state index >= 15 is 0 Å². The molecule has 0 atom stereocenters. The zero-order valence-corrected chi connectivity index (χ0v) is 17.4. The van der Waals surface area contributed by atoms with Crippen LogP contribution in [-0.2, 0) is 11.7 Å². The summed E-state index contributed by atoms with van der Waals surface area (Å²) in [5.41, 5.74) is -2.65. The normalized spacial score (nSPS) is 17.3. The summed E-state index contributed by atoms with van der Waals surface area (Å²) in [6.45, 7) is -3.19. The minimum atomic E-state index is -4.74. The van der Waals surface area contributed by atoms with Crippen LogP contribution < -0.4 is 10.6 Å². The molecular formula is C20H18ClF5N6O. The van der Waals surface area contributed by atoms with Gasteiger partial charge >= 0.3 is 12.2 Å². The number of alkyl halides is 5. The summed E-state index contributed by atoms with van der Waals surface area (Å²) in [5, 5.41) is 9.23. The highest BCUT2D eigenvalue weighted by molar-refractivity contribution is 6.31. The number of rotatable bonds is 5. The second-order valence-electron chi connectivity index (χ2n) is 7.60. The third-order valence-electron chi connectivity index (χ3n) is 5.37. The van der Waals surface area contributed by atoms with Crippen molar-refractivity contribution in [1.29, 1.82) is 0 Å². The van der Waals surface area contributed by atoms with Gasteiger partial charge in [-0.3, -0.25) is 4.68 Å². The maximum Gasteiger partial charge on any atom is 0.433 e. The van der Waals surface area contributed by atoms with Gasteiger partial charge in [0.25, 0.3) is 6.43 Å². The van der Waals surface area contributed by atoms with Gasteiger partial charge in [-0.25, -0.2) is 18.6 Å². The molecule has 0 radical (unpaired) electrons. The Morgan fingerprint density at radius 2 is 2.09 bits per heavy atom. The number of amides is 2. The first-order valence-corrected chi connectivity index (χ1v) is 9.86. The lowest BCUT2D eigenvalue weighted by molar-refractivity contribution is -0.140. The molecule has 3 aromatic rings. The standard InChI is InChI=1S/C20H18ClF5N6O/c1-27-18(33)31-9-19(10-31,32-7-11(6-29-32)17(22)23)8-28-15-5-16(20(24,25)26)30-14-3-2-12(21)4-13(14)15/h2-7,17H,8-10H2,1H3,(H,27,33)(H,28,30)/i1D3. The third-order valence-corrected chi connectivity index (χ3v) is 5.61. The molecule has 33 heavy (non-hydrogen) atoms. The zero-order chi connectivity index (χ0) is 26.5. The van der Waals surface area contributed by atoms with Gasteiger partial charge in [-0.2, -0.15) is 18.3 Å². The van der Waals surface area contributed by atoms with Gasteiger partial charge in [0.1, 0.15) is 11.2 Å². The Labute approximate surface area is 193 Å². The van der Waals surface area contributed by atoms with Gasteiger partial charge in [-0.05, 0) is 24.3 Å². The summed E-state index contributed by atoms with van der Waals surface area (Å²) < 4.78 is 89.4. The van der Waals surface area contributed by atoms with Crippen LogP contribution in [0.5, 0.6) is 0 Å². The monoisotopic (exact) mass is 491 g/mol. The number of anilines is 1. The number of fused-ring (bicyclic) bond motifs is 1. The van der Waals surface area contributed by atoms with Crippen molar-refractivity contribution in [2.45, 2.75) is 18.1 Å². The fourth-order valence-corrected chi connectivity index (χ4v) is 3.85. The fourth-order valence-electron chi connectivity index (χ4n) is 3.68. The number of pyridine rings is 1. The number of likely N-dealkylation sites (tertiary alicyclic amines) is 1. The van der Waals surface area contributed by atoms with E-state index in [1.54, 1.807) is 0 Å². The molecular weight excluding hydrogens is 471 g/mol. The number of urea groups is 1. The predicted octanol–water partition coefficient (Wildman–Crippen LogP) is 4.50. The summed E-state index contributed by atoms with van der Waals surface area (Å²) in [7, 11) is 0. The van der Waals surface area contributed by atoms with Crippen LogP contribution in [0.2, 0.25) is 5.02 Å². The van der Waals surface area contributed by atoms with Crippen molar-refractivity contribution in [1.82, 2.24) is 25.0 Å². The van der Waals surface area contributed by atoms with Crippen LogP contribution in [0.4, 0.5) is 32.4 Å². The summed E-state index contributed by atoms with van der Waals surface area (Å²) in [5.74, 6) is 0. The van der Waals surface area contributed by atoms with E-state index < -0.39 is 36.8 Å². The van der Waals surface area contributed by atoms with Crippen molar-refractivity contribution in [3.63, 3.8) is 0 Å². The fraction of sp³-hybridized carbons (Fsp3) is 0.350. The third kappa shape index (κ3) is 4.39. The van der Waals surface area contributed by atoms with E-state index in [2.05, 4.69) is 15.4 Å². The first-order chi connectivity index (χ1) is 16.7. The van der Waals surface area contributed by atoms with Gasteiger partial charge in [0.15, 0.2) is 0 Å². The van der Waals surface area contributed by atoms with Crippen molar-refractivity contribution in [2.75, 3.05) is 31.9 Å². The van der Waals surface area contributed by atoms with E-state index in [1.807, 2.05) is 5.32 Å². The van der Waals surface area contributed by atoms with E-state index in [1.165, 1.54) is 22.9 Å². The lowest BCUT2D eigenvalue weighted by Gasteiger charge is -2.49. The summed E-state index contributed by atoms with van der Waals surface area (Å²) in [6, 6.07) is 4.05. The van der Waals surface area contributed by atoms with Gasteiger partial charge < -0.3 is 15.5 Å². The van der Waals surface area contributed by atoms with Crippen LogP contribution in [0, 0.1) is 0 Å². The molecule has 1 aliphatic heterocycles. The van der Waals surface area contributed by atoms with Gasteiger partial charge in [0, 0.05) is 39.9 Å². The molecule has 0 spiro atoms. The Morgan fingerprint density at radius 1 is 1.33 bits per heavy atom. The first kappa shape index (κ1) is 19.3. The van der Waals surface area contributed by atoms with Crippen LogP contribution in [0.25, 0.3) is 10.9 Å². The zero-order valence-electron chi connectivity index (χ0n) is 19.6. The summed E-state index contributed by atoms with van der Waals surface area (Å²) in [4.78, 5) is 17.0.